The van der Waals surface area contributed by atoms with Crippen LogP contribution in [0.2, 0.25) is 0 Å². The maximum atomic E-state index is 12.9. The molecule has 9 heteroatoms. The number of nitro benzene ring substituents is 1. The van der Waals surface area contributed by atoms with Crippen LogP contribution in [0.5, 0.6) is 0 Å². The number of nitrogens with one attached hydrogen (secondary N) is 1. The monoisotopic (exact) mass is 300 g/mol. The van der Waals surface area contributed by atoms with Crippen LogP contribution in [0.25, 0.3) is 0 Å². The number of hydrogen-bond acceptors (Lipinski definition) is 4. The maximum Gasteiger partial charge on any atom is 0.418 e. The minimum absolute atomic E-state index is 0.179. The van der Waals surface area contributed by atoms with E-state index in [-0.39, 0.29) is 5.76 Å². The summed E-state index contributed by atoms with van der Waals surface area (Å²) in [5.74, 6) is -1.07. The van der Waals surface area contributed by atoms with E-state index in [0.717, 1.165) is 12.1 Å². The lowest BCUT2D eigenvalue weighted by Crippen LogP contribution is -2.16. The Hall–Kier alpha value is -2.84. The summed E-state index contributed by atoms with van der Waals surface area (Å²) in [5.41, 5.74) is -2.62. The van der Waals surface area contributed by atoms with Gasteiger partial charge in [-0.1, -0.05) is 0 Å². The van der Waals surface area contributed by atoms with Crippen LogP contribution in [-0.2, 0) is 6.18 Å². The van der Waals surface area contributed by atoms with Gasteiger partial charge in [0.05, 0.1) is 22.4 Å². The second-order valence-electron chi connectivity index (χ2n) is 3.92. The van der Waals surface area contributed by atoms with Crippen molar-refractivity contribution in [3.8, 4) is 0 Å². The molecule has 1 heterocycles. The number of non-ortho nitro benzene ring substituents is 1. The van der Waals surface area contributed by atoms with E-state index in [4.69, 9.17) is 4.42 Å². The van der Waals surface area contributed by atoms with Gasteiger partial charge in [0.1, 0.15) is 0 Å². The predicted octanol–water partition coefficient (Wildman–Crippen LogP) is 3.46. The minimum atomic E-state index is -4.85. The van der Waals surface area contributed by atoms with Gasteiger partial charge in [-0.15, -0.1) is 0 Å². The highest BCUT2D eigenvalue weighted by atomic mass is 19.4. The first-order chi connectivity index (χ1) is 9.79. The molecule has 0 saturated carbocycles. The molecule has 1 aromatic heterocycles. The number of hydrogen-bond donors (Lipinski definition) is 1. The molecule has 0 unspecified atom stereocenters. The highest BCUT2D eigenvalue weighted by Crippen LogP contribution is 2.37. The first kappa shape index (κ1) is 14.6. The van der Waals surface area contributed by atoms with Gasteiger partial charge in [-0.2, -0.15) is 13.2 Å². The van der Waals surface area contributed by atoms with E-state index in [1.807, 2.05) is 5.32 Å². The van der Waals surface area contributed by atoms with Crippen molar-refractivity contribution in [2.45, 2.75) is 6.18 Å². The third-order valence-corrected chi connectivity index (χ3v) is 2.51. The van der Waals surface area contributed by atoms with Crippen LogP contribution in [0, 0.1) is 10.1 Å². The molecule has 21 heavy (non-hydrogen) atoms. The van der Waals surface area contributed by atoms with Crippen molar-refractivity contribution in [3.63, 3.8) is 0 Å². The molecule has 1 amide bonds. The minimum Gasteiger partial charge on any atom is -0.459 e. The van der Waals surface area contributed by atoms with Crippen LogP contribution in [-0.4, -0.2) is 10.8 Å². The number of anilines is 1. The van der Waals surface area contributed by atoms with Crippen molar-refractivity contribution in [3.05, 3.63) is 58.0 Å². The fourth-order valence-corrected chi connectivity index (χ4v) is 1.58. The summed E-state index contributed by atoms with van der Waals surface area (Å²) >= 11 is 0. The van der Waals surface area contributed by atoms with Crippen LogP contribution < -0.4 is 5.32 Å². The average Bonchev–Trinajstić information content (AvgIpc) is 2.91. The van der Waals surface area contributed by atoms with E-state index in [2.05, 4.69) is 0 Å². The van der Waals surface area contributed by atoms with Crippen LogP contribution in [0.3, 0.4) is 0 Å². The Labute approximate surface area is 115 Å². The molecular formula is C12H7F3N2O4. The van der Waals surface area contributed by atoms with Gasteiger partial charge >= 0.3 is 6.18 Å². The maximum absolute atomic E-state index is 12.9. The number of nitrogens with zero attached hydrogens (tertiary/aromatic N) is 1. The van der Waals surface area contributed by atoms with Crippen LogP contribution in [0.4, 0.5) is 24.5 Å². The highest BCUT2D eigenvalue weighted by Gasteiger charge is 2.35. The summed E-state index contributed by atoms with van der Waals surface area (Å²) in [7, 11) is 0. The van der Waals surface area contributed by atoms with Gasteiger partial charge in [0.15, 0.2) is 5.76 Å². The van der Waals surface area contributed by atoms with Crippen molar-refractivity contribution in [2.24, 2.45) is 0 Å². The summed E-state index contributed by atoms with van der Waals surface area (Å²) in [6.45, 7) is 0. The van der Waals surface area contributed by atoms with Gasteiger partial charge in [0.25, 0.3) is 11.6 Å². The molecule has 6 nitrogen and oxygen atoms in total. The predicted molar refractivity (Wildman–Crippen MR) is 64.8 cm³/mol. The number of amides is 1. The molecule has 0 fully saturated rings. The molecule has 0 spiro atoms. The van der Waals surface area contributed by atoms with E-state index in [0.29, 0.717) is 6.07 Å². The van der Waals surface area contributed by atoms with Gasteiger partial charge in [-0.25, -0.2) is 0 Å². The average molecular weight is 300 g/mol. The fraction of sp³-hybridized carbons (Fsp3) is 0.0833. The number of alkyl halides is 3. The number of rotatable bonds is 3. The van der Waals surface area contributed by atoms with Crippen LogP contribution in [0.1, 0.15) is 16.1 Å². The van der Waals surface area contributed by atoms with Crippen LogP contribution >= 0.6 is 0 Å². The molecule has 0 aliphatic carbocycles. The van der Waals surface area contributed by atoms with Gasteiger partial charge in [-0.3, -0.25) is 14.9 Å². The third kappa shape index (κ3) is 3.19. The van der Waals surface area contributed by atoms with Gasteiger partial charge < -0.3 is 9.73 Å². The molecule has 1 aromatic carbocycles. The van der Waals surface area contributed by atoms with E-state index in [1.54, 1.807) is 0 Å². The molecule has 0 radical (unpaired) electrons. The van der Waals surface area contributed by atoms with Crippen molar-refractivity contribution in [1.29, 1.82) is 0 Å². The number of halogens is 3. The lowest BCUT2D eigenvalue weighted by Gasteiger charge is -2.12. The molecule has 0 aliphatic rings. The summed E-state index contributed by atoms with van der Waals surface area (Å²) in [4.78, 5) is 21.3. The number of nitro groups is 1. The highest BCUT2D eigenvalue weighted by molar-refractivity contribution is 6.02. The molecule has 1 N–H and O–H groups in total. The second-order valence-corrected chi connectivity index (χ2v) is 3.92. The van der Waals surface area contributed by atoms with Crippen molar-refractivity contribution >= 4 is 17.3 Å². The summed E-state index contributed by atoms with van der Waals surface area (Å²) < 4.78 is 43.4. The topological polar surface area (TPSA) is 85.4 Å². The Morgan fingerprint density at radius 3 is 2.52 bits per heavy atom. The first-order valence-corrected chi connectivity index (χ1v) is 5.49. The van der Waals surface area contributed by atoms with Gasteiger partial charge in [0, 0.05) is 12.1 Å². The molecule has 0 aliphatic heterocycles. The largest absolute Gasteiger partial charge is 0.459 e. The lowest BCUT2D eigenvalue weighted by molar-refractivity contribution is -0.385. The van der Waals surface area contributed by atoms with E-state index in [9.17, 15) is 28.1 Å². The Morgan fingerprint density at radius 2 is 2.00 bits per heavy atom. The number of carbonyl (C=O) groups excluding carboxylic acids is 1. The molecule has 0 atom stereocenters. The van der Waals surface area contributed by atoms with Gasteiger partial charge in [-0.05, 0) is 18.2 Å². The smallest absolute Gasteiger partial charge is 0.418 e. The first-order valence-electron chi connectivity index (χ1n) is 5.49. The standard InChI is InChI=1S/C12H7F3N2O4/c13-12(14,15)8-6-7(17(19)20)3-4-9(8)16-11(18)10-2-1-5-21-10/h1-6H,(H,16,18). The zero-order valence-corrected chi connectivity index (χ0v) is 10.2. The molecule has 2 aromatic rings. The molecule has 0 saturated heterocycles. The number of furan rings is 1. The molecule has 0 bridgehead atoms. The summed E-state index contributed by atoms with van der Waals surface area (Å²) in [6, 6.07) is 4.72. The van der Waals surface area contributed by atoms with Crippen molar-refractivity contribution < 1.29 is 27.3 Å². The van der Waals surface area contributed by atoms with E-state index >= 15 is 0 Å². The van der Waals surface area contributed by atoms with Crippen LogP contribution in [0.15, 0.2) is 41.0 Å². The van der Waals surface area contributed by atoms with Crippen molar-refractivity contribution in [2.75, 3.05) is 5.32 Å². The number of benzene rings is 1. The summed E-state index contributed by atoms with van der Waals surface area (Å²) in [5, 5.41) is 12.5. The zero-order valence-electron chi connectivity index (χ0n) is 10.2. The SMILES string of the molecule is O=C(Nc1ccc([N+](=O)[O-])cc1C(F)(F)F)c1ccco1. The Morgan fingerprint density at radius 1 is 1.29 bits per heavy atom. The summed E-state index contributed by atoms with van der Waals surface area (Å²) in [6.07, 6.45) is -3.66. The number of carbonyl (C=O) groups is 1. The Bertz CT molecular complexity index is 680. The Kier molecular flexibility index (Phi) is 3.66. The normalized spacial score (nSPS) is 11.2. The van der Waals surface area contributed by atoms with Crippen molar-refractivity contribution in [1.82, 2.24) is 0 Å². The third-order valence-electron chi connectivity index (χ3n) is 2.51. The molecular weight excluding hydrogens is 293 g/mol. The van der Waals surface area contributed by atoms with E-state index in [1.165, 1.54) is 18.4 Å². The molecule has 2 rings (SSSR count). The van der Waals surface area contributed by atoms with Gasteiger partial charge in [0.2, 0.25) is 0 Å². The lowest BCUT2D eigenvalue weighted by atomic mass is 10.1. The molecule has 110 valence electrons. The second kappa shape index (κ2) is 5.27. The zero-order chi connectivity index (χ0) is 15.6. The van der Waals surface area contributed by atoms with E-state index < -0.39 is 33.9 Å². The Balaban J connectivity index is 2.39. The fourth-order valence-electron chi connectivity index (χ4n) is 1.58. The quantitative estimate of drug-likeness (QED) is 0.694.